The first-order valence-corrected chi connectivity index (χ1v) is 13.5. The van der Waals surface area contributed by atoms with E-state index < -0.39 is 0 Å². The van der Waals surface area contributed by atoms with Crippen LogP contribution in [-0.4, -0.2) is 26.9 Å². The van der Waals surface area contributed by atoms with Crippen molar-refractivity contribution in [3.8, 4) is 5.69 Å². The molecule has 37 heavy (non-hydrogen) atoms. The van der Waals surface area contributed by atoms with Crippen molar-refractivity contribution in [3.05, 3.63) is 106 Å². The predicted molar refractivity (Wildman–Crippen MR) is 151 cm³/mol. The molecule has 3 aromatic carbocycles. The average Bonchev–Trinajstić information content (AvgIpc) is 2.94. The second-order valence-electron chi connectivity index (χ2n) is 9.57. The van der Waals surface area contributed by atoms with Gasteiger partial charge < -0.3 is 4.90 Å². The molecule has 0 radical (unpaired) electrons. The molecule has 0 aliphatic carbocycles. The zero-order chi connectivity index (χ0) is 26.2. The number of amides is 1. The van der Waals surface area contributed by atoms with Crippen LogP contribution in [0.5, 0.6) is 0 Å². The van der Waals surface area contributed by atoms with Gasteiger partial charge >= 0.3 is 0 Å². The Morgan fingerprint density at radius 2 is 1.62 bits per heavy atom. The van der Waals surface area contributed by atoms with E-state index in [-0.39, 0.29) is 17.5 Å². The van der Waals surface area contributed by atoms with Gasteiger partial charge in [-0.2, -0.15) is 0 Å². The van der Waals surface area contributed by atoms with Crippen molar-refractivity contribution < 1.29 is 4.79 Å². The van der Waals surface area contributed by atoms with E-state index in [4.69, 9.17) is 4.98 Å². The Hall–Kier alpha value is -3.73. The zero-order valence-corrected chi connectivity index (χ0v) is 22.2. The number of rotatable bonds is 11. The molecule has 0 N–H and O–H groups in total. The van der Waals surface area contributed by atoms with E-state index in [1.54, 1.807) is 4.57 Å². The number of aryl methyl sites for hydroxylation is 2. The van der Waals surface area contributed by atoms with Gasteiger partial charge in [0.2, 0.25) is 5.91 Å². The molecular weight excluding hydrogens is 458 g/mol. The van der Waals surface area contributed by atoms with Crippen molar-refractivity contribution in [1.29, 1.82) is 0 Å². The van der Waals surface area contributed by atoms with E-state index in [1.807, 2.05) is 72.5 Å². The molecule has 0 saturated heterocycles. The Bertz CT molecular complexity index is 1390. The summed E-state index contributed by atoms with van der Waals surface area (Å²) in [6, 6.07) is 25.2. The van der Waals surface area contributed by atoms with Crippen molar-refractivity contribution in [2.75, 3.05) is 6.54 Å². The smallest absolute Gasteiger partial charge is 0.266 e. The third kappa shape index (κ3) is 5.99. The number of carbonyl (C=O) groups excluding carboxylic acids is 1. The first-order chi connectivity index (χ1) is 18.0. The summed E-state index contributed by atoms with van der Waals surface area (Å²) in [6.45, 7) is 6.90. The minimum absolute atomic E-state index is 0.0881. The molecule has 0 bridgehead atoms. The van der Waals surface area contributed by atoms with Crippen LogP contribution in [0.2, 0.25) is 0 Å². The minimum Gasteiger partial charge on any atom is -0.333 e. The number of para-hydroxylation sites is 2. The fraction of sp³-hybridized carbons (Fsp3) is 0.344. The largest absolute Gasteiger partial charge is 0.333 e. The SMILES string of the molecule is CCCCCN(C(=O)CCc1ccccc1)C(C)c1nc2ccccc2c(=O)n1-c1ccccc1CC. The summed E-state index contributed by atoms with van der Waals surface area (Å²) in [6.07, 6.45) is 4.94. The maximum absolute atomic E-state index is 13.9. The van der Waals surface area contributed by atoms with Gasteiger partial charge in [0.1, 0.15) is 5.82 Å². The molecule has 0 spiro atoms. The van der Waals surface area contributed by atoms with Gasteiger partial charge in [-0.05, 0) is 55.5 Å². The summed E-state index contributed by atoms with van der Waals surface area (Å²) in [4.78, 5) is 34.5. The number of hydrogen-bond acceptors (Lipinski definition) is 3. The fourth-order valence-corrected chi connectivity index (χ4v) is 4.94. The van der Waals surface area contributed by atoms with Crippen LogP contribution in [0.1, 0.15) is 69.4 Å². The summed E-state index contributed by atoms with van der Waals surface area (Å²) in [5.74, 6) is 0.694. The first-order valence-electron chi connectivity index (χ1n) is 13.5. The molecule has 1 aromatic heterocycles. The summed E-state index contributed by atoms with van der Waals surface area (Å²) in [5.41, 5.74) is 3.61. The Morgan fingerprint density at radius 1 is 0.919 bits per heavy atom. The van der Waals surface area contributed by atoms with E-state index in [0.29, 0.717) is 36.1 Å². The van der Waals surface area contributed by atoms with Crippen LogP contribution in [0.3, 0.4) is 0 Å². The lowest BCUT2D eigenvalue weighted by molar-refractivity contribution is -0.133. The first kappa shape index (κ1) is 26.3. The quantitative estimate of drug-likeness (QED) is 0.219. The topological polar surface area (TPSA) is 55.2 Å². The molecule has 5 nitrogen and oxygen atoms in total. The van der Waals surface area contributed by atoms with Gasteiger partial charge in [-0.1, -0.05) is 87.4 Å². The van der Waals surface area contributed by atoms with Gasteiger partial charge in [0, 0.05) is 13.0 Å². The number of carbonyl (C=O) groups is 1. The van der Waals surface area contributed by atoms with Gasteiger partial charge in [-0.15, -0.1) is 0 Å². The van der Waals surface area contributed by atoms with Crippen molar-refractivity contribution in [3.63, 3.8) is 0 Å². The molecule has 0 aliphatic heterocycles. The Labute approximate surface area is 219 Å². The standard InChI is InChI=1S/C32H37N3O2/c1-4-6-14-23-34(30(36)22-21-25-15-8-7-9-16-25)24(3)31-33-28-19-12-11-18-27(28)32(37)35(31)29-20-13-10-17-26(29)5-2/h7-13,15-20,24H,4-6,14,21-23H2,1-3H3. The normalized spacial score (nSPS) is 12.0. The predicted octanol–water partition coefficient (Wildman–Crippen LogP) is 6.66. The van der Waals surface area contributed by atoms with Gasteiger partial charge in [-0.3, -0.25) is 14.2 Å². The lowest BCUT2D eigenvalue weighted by Crippen LogP contribution is -2.38. The van der Waals surface area contributed by atoms with E-state index in [2.05, 4.69) is 32.0 Å². The fourth-order valence-electron chi connectivity index (χ4n) is 4.94. The number of fused-ring (bicyclic) bond motifs is 1. The Balaban J connectivity index is 1.79. The molecule has 1 atom stereocenters. The van der Waals surface area contributed by atoms with Crippen LogP contribution in [0.4, 0.5) is 0 Å². The van der Waals surface area contributed by atoms with Crippen molar-refractivity contribution in [2.45, 2.75) is 65.3 Å². The van der Waals surface area contributed by atoms with Gasteiger partial charge in [-0.25, -0.2) is 4.98 Å². The summed E-state index contributed by atoms with van der Waals surface area (Å²) in [5, 5.41) is 0.581. The molecule has 0 aliphatic rings. The molecule has 1 unspecified atom stereocenters. The molecular formula is C32H37N3O2. The van der Waals surface area contributed by atoms with E-state index in [1.165, 1.54) is 0 Å². The van der Waals surface area contributed by atoms with Gasteiger partial charge in [0.05, 0.1) is 22.6 Å². The summed E-state index contributed by atoms with van der Waals surface area (Å²) in [7, 11) is 0. The van der Waals surface area contributed by atoms with Crippen molar-refractivity contribution in [2.24, 2.45) is 0 Å². The van der Waals surface area contributed by atoms with Crippen LogP contribution in [0.15, 0.2) is 83.7 Å². The highest BCUT2D eigenvalue weighted by molar-refractivity contribution is 5.79. The minimum atomic E-state index is -0.359. The van der Waals surface area contributed by atoms with Crippen molar-refractivity contribution >= 4 is 16.8 Å². The highest BCUT2D eigenvalue weighted by Gasteiger charge is 2.27. The lowest BCUT2D eigenvalue weighted by Gasteiger charge is -2.31. The second kappa shape index (κ2) is 12.5. The third-order valence-electron chi connectivity index (χ3n) is 7.05. The summed E-state index contributed by atoms with van der Waals surface area (Å²) < 4.78 is 1.74. The Morgan fingerprint density at radius 3 is 2.38 bits per heavy atom. The number of nitrogens with zero attached hydrogens (tertiary/aromatic N) is 3. The average molecular weight is 496 g/mol. The molecule has 192 valence electrons. The number of aromatic nitrogens is 2. The van der Waals surface area contributed by atoms with Gasteiger partial charge in [0.25, 0.3) is 5.56 Å². The number of unbranched alkanes of at least 4 members (excludes halogenated alkanes) is 2. The third-order valence-corrected chi connectivity index (χ3v) is 7.05. The van der Waals surface area contributed by atoms with Crippen LogP contribution in [0.25, 0.3) is 16.6 Å². The molecule has 4 rings (SSSR count). The highest BCUT2D eigenvalue weighted by Crippen LogP contribution is 2.26. The van der Waals surface area contributed by atoms with Gasteiger partial charge in [0.15, 0.2) is 0 Å². The molecule has 1 amide bonds. The van der Waals surface area contributed by atoms with Crippen LogP contribution < -0.4 is 5.56 Å². The second-order valence-corrected chi connectivity index (χ2v) is 9.57. The van der Waals surface area contributed by atoms with Crippen molar-refractivity contribution in [1.82, 2.24) is 14.5 Å². The zero-order valence-electron chi connectivity index (χ0n) is 22.2. The number of hydrogen-bond donors (Lipinski definition) is 0. The van der Waals surface area contributed by atoms with Crippen LogP contribution in [-0.2, 0) is 17.6 Å². The summed E-state index contributed by atoms with van der Waals surface area (Å²) >= 11 is 0. The number of benzene rings is 3. The highest BCUT2D eigenvalue weighted by atomic mass is 16.2. The molecule has 0 saturated carbocycles. The molecule has 5 heteroatoms. The van der Waals surface area contributed by atoms with Crippen LogP contribution >= 0.6 is 0 Å². The Kier molecular flexibility index (Phi) is 8.89. The molecule has 0 fully saturated rings. The van der Waals surface area contributed by atoms with E-state index >= 15 is 0 Å². The molecule has 4 aromatic rings. The maximum Gasteiger partial charge on any atom is 0.266 e. The van der Waals surface area contributed by atoms with Crippen LogP contribution in [0, 0.1) is 0 Å². The molecule has 1 heterocycles. The maximum atomic E-state index is 13.9. The monoisotopic (exact) mass is 495 g/mol. The lowest BCUT2D eigenvalue weighted by atomic mass is 10.1. The van der Waals surface area contributed by atoms with E-state index in [9.17, 15) is 9.59 Å². The van der Waals surface area contributed by atoms with E-state index in [0.717, 1.165) is 42.5 Å².